The van der Waals surface area contributed by atoms with Crippen LogP contribution in [0, 0.1) is 0 Å². The van der Waals surface area contributed by atoms with Gasteiger partial charge in [0.15, 0.2) is 12.2 Å². The lowest BCUT2D eigenvalue weighted by Gasteiger charge is -2.21. The number of aliphatic hydroxyl groups excluding tert-OH is 1. The summed E-state index contributed by atoms with van der Waals surface area (Å²) in [5.41, 5.74) is 0. The van der Waals surface area contributed by atoms with Crippen LogP contribution in [0.5, 0.6) is 0 Å². The Morgan fingerprint density at radius 1 is 0.302 bits per heavy atom. The maximum atomic E-state index is 13.1. The molecule has 96 heavy (non-hydrogen) atoms. The molecule has 5 unspecified atom stereocenters. The molecule has 0 aliphatic heterocycles. The van der Waals surface area contributed by atoms with E-state index in [0.29, 0.717) is 25.7 Å². The van der Waals surface area contributed by atoms with Crippen LogP contribution in [0.1, 0.15) is 362 Å². The number of allylic oxidation sites excluding steroid dienone is 8. The second-order valence-electron chi connectivity index (χ2n) is 26.3. The molecule has 0 bridgehead atoms. The van der Waals surface area contributed by atoms with E-state index in [1.165, 1.54) is 148 Å². The first-order valence-corrected chi connectivity index (χ1v) is 41.9. The lowest BCUT2D eigenvalue weighted by molar-refractivity contribution is -0.161. The molecule has 0 radical (unpaired) electrons. The van der Waals surface area contributed by atoms with Gasteiger partial charge in [-0.15, -0.1) is 0 Å². The number of unbranched alkanes of at least 4 members (excludes halogenated alkanes) is 40. The minimum Gasteiger partial charge on any atom is -0.462 e. The van der Waals surface area contributed by atoms with Crippen LogP contribution in [-0.2, 0) is 65.4 Å². The molecule has 19 heteroatoms. The standard InChI is InChI=1S/C77H142O17P2/c1-5-9-13-17-21-25-29-33-35-39-41-45-49-53-57-61-74(79)87-67-72(93-76(81)63-59-55-51-47-43-37-31-27-23-19-15-11-7-3)69-91-95(83,84)89-65-71(78)66-90-96(85,86)92-70-73(94-77(82)64-60-56-52-48-44-38-32-28-24-20-16-12-8-4)68-88-75(80)62-58-54-50-46-42-40-36-34-30-26-22-18-14-10-6-2/h9,13,21,25,28,32-33,35,71-73,78H,5-8,10-12,14-20,22-24,26-27,29-31,34,36-70H2,1-4H3,(H,83,84)(H,85,86)/b13-9-,25-21-,32-28-,35-33-. The van der Waals surface area contributed by atoms with Crippen molar-refractivity contribution in [1.82, 2.24) is 0 Å². The molecule has 0 saturated carbocycles. The largest absolute Gasteiger partial charge is 0.472 e. The van der Waals surface area contributed by atoms with Crippen LogP contribution in [0.2, 0.25) is 0 Å². The quantitative estimate of drug-likeness (QED) is 0.0169. The molecule has 0 aromatic heterocycles. The highest BCUT2D eigenvalue weighted by atomic mass is 31.2. The molecule has 5 atom stereocenters. The highest BCUT2D eigenvalue weighted by molar-refractivity contribution is 7.47. The van der Waals surface area contributed by atoms with Gasteiger partial charge in [-0.3, -0.25) is 37.3 Å². The number of ether oxygens (including phenoxy) is 4. The molecule has 0 saturated heterocycles. The molecular formula is C77H142O17P2. The third kappa shape index (κ3) is 69.5. The third-order valence-electron chi connectivity index (χ3n) is 16.8. The SMILES string of the molecule is CC/C=C\C/C=C\C/C=C\CCCCCCCC(=O)OCC(COP(=O)(O)OCC(O)COP(=O)(O)OCC(COC(=O)CCCCCCCCCCCCCCCCC)OC(=O)CCCCCCC/C=C\CCCCCC)OC(=O)CCCCCCCCCCCCCCC. The molecule has 0 aliphatic rings. The summed E-state index contributed by atoms with van der Waals surface area (Å²) in [6.45, 7) is 4.79. The summed E-state index contributed by atoms with van der Waals surface area (Å²) in [6.07, 6.45) is 66.6. The summed E-state index contributed by atoms with van der Waals surface area (Å²) < 4.78 is 68.5. The number of esters is 4. The Labute approximate surface area is 585 Å². The van der Waals surface area contributed by atoms with E-state index in [1.54, 1.807) is 0 Å². The second-order valence-corrected chi connectivity index (χ2v) is 29.2. The molecule has 0 aromatic rings. The average Bonchev–Trinajstić information content (AvgIpc) is 1.14. The molecule has 0 aromatic carbocycles. The zero-order chi connectivity index (χ0) is 70.4. The molecule has 0 spiro atoms. The van der Waals surface area contributed by atoms with Gasteiger partial charge in [-0.25, -0.2) is 9.13 Å². The minimum absolute atomic E-state index is 0.0915. The first-order chi connectivity index (χ1) is 46.7. The first kappa shape index (κ1) is 93.0. The van der Waals surface area contributed by atoms with Crippen LogP contribution in [0.4, 0.5) is 0 Å². The van der Waals surface area contributed by atoms with Crippen LogP contribution in [0.25, 0.3) is 0 Å². The van der Waals surface area contributed by atoms with Crippen molar-refractivity contribution in [3.8, 4) is 0 Å². The zero-order valence-electron chi connectivity index (χ0n) is 61.3. The summed E-state index contributed by atoms with van der Waals surface area (Å²) in [5, 5.41) is 10.6. The lowest BCUT2D eigenvalue weighted by Crippen LogP contribution is -2.30. The first-order valence-electron chi connectivity index (χ1n) is 38.9. The average molecular weight is 1400 g/mol. The summed E-state index contributed by atoms with van der Waals surface area (Å²) in [6, 6.07) is 0. The van der Waals surface area contributed by atoms with Crippen LogP contribution in [0.15, 0.2) is 48.6 Å². The Kier molecular flexibility index (Phi) is 68.3. The van der Waals surface area contributed by atoms with Gasteiger partial charge < -0.3 is 33.8 Å². The van der Waals surface area contributed by atoms with Crippen LogP contribution >= 0.6 is 15.6 Å². The fraction of sp³-hybridized carbons (Fsp3) is 0.844. The van der Waals surface area contributed by atoms with E-state index < -0.39 is 97.5 Å². The fourth-order valence-electron chi connectivity index (χ4n) is 10.9. The normalized spacial score (nSPS) is 14.2. The number of phosphoric ester groups is 2. The Hall–Kier alpha value is -2.98. The van der Waals surface area contributed by atoms with Gasteiger partial charge in [0.1, 0.15) is 19.3 Å². The van der Waals surface area contributed by atoms with Crippen molar-refractivity contribution in [3.63, 3.8) is 0 Å². The van der Waals surface area contributed by atoms with E-state index in [1.807, 2.05) is 0 Å². The number of carbonyl (C=O) groups excluding carboxylic acids is 4. The van der Waals surface area contributed by atoms with E-state index in [-0.39, 0.29) is 25.7 Å². The summed E-state index contributed by atoms with van der Waals surface area (Å²) in [5.74, 6) is -2.16. The smallest absolute Gasteiger partial charge is 0.462 e. The second kappa shape index (κ2) is 70.5. The highest BCUT2D eigenvalue weighted by Gasteiger charge is 2.30. The van der Waals surface area contributed by atoms with Crippen molar-refractivity contribution >= 4 is 39.5 Å². The van der Waals surface area contributed by atoms with E-state index in [4.69, 9.17) is 37.0 Å². The number of hydrogen-bond acceptors (Lipinski definition) is 15. The van der Waals surface area contributed by atoms with E-state index in [9.17, 15) is 43.2 Å². The minimum atomic E-state index is -4.97. The molecular weight excluding hydrogens is 1260 g/mol. The Morgan fingerprint density at radius 2 is 0.542 bits per heavy atom. The topological polar surface area (TPSA) is 237 Å². The maximum absolute atomic E-state index is 13.1. The van der Waals surface area contributed by atoms with Crippen molar-refractivity contribution in [2.75, 3.05) is 39.6 Å². The summed E-state index contributed by atoms with van der Waals surface area (Å²) in [4.78, 5) is 72.8. The van der Waals surface area contributed by atoms with Crippen LogP contribution < -0.4 is 0 Å². The van der Waals surface area contributed by atoms with Gasteiger partial charge >= 0.3 is 39.5 Å². The van der Waals surface area contributed by atoms with E-state index in [2.05, 4.69) is 76.3 Å². The Balaban J connectivity index is 5.30. The molecule has 0 aliphatic carbocycles. The maximum Gasteiger partial charge on any atom is 0.472 e. The number of rotatable bonds is 74. The monoisotopic (exact) mass is 1400 g/mol. The molecule has 0 amide bonds. The van der Waals surface area contributed by atoms with E-state index in [0.717, 1.165) is 135 Å². The van der Waals surface area contributed by atoms with Crippen molar-refractivity contribution in [2.45, 2.75) is 380 Å². The van der Waals surface area contributed by atoms with Gasteiger partial charge in [-0.2, -0.15) is 0 Å². The lowest BCUT2D eigenvalue weighted by atomic mass is 10.0. The Bertz CT molecular complexity index is 2010. The van der Waals surface area contributed by atoms with Crippen molar-refractivity contribution in [1.29, 1.82) is 0 Å². The number of carbonyl (C=O) groups is 4. The van der Waals surface area contributed by atoms with Gasteiger partial charge in [0, 0.05) is 25.7 Å². The predicted molar refractivity (Wildman–Crippen MR) is 390 cm³/mol. The van der Waals surface area contributed by atoms with Crippen LogP contribution in [0.3, 0.4) is 0 Å². The summed E-state index contributed by atoms with van der Waals surface area (Å²) >= 11 is 0. The molecule has 3 N–H and O–H groups in total. The summed E-state index contributed by atoms with van der Waals surface area (Å²) in [7, 11) is -9.93. The molecule has 17 nitrogen and oxygen atoms in total. The fourth-order valence-corrected chi connectivity index (χ4v) is 12.5. The zero-order valence-corrected chi connectivity index (χ0v) is 63.1. The molecule has 0 heterocycles. The highest BCUT2D eigenvalue weighted by Crippen LogP contribution is 2.45. The van der Waals surface area contributed by atoms with Gasteiger partial charge in [0.25, 0.3) is 0 Å². The number of hydrogen-bond donors (Lipinski definition) is 3. The van der Waals surface area contributed by atoms with Crippen molar-refractivity contribution in [2.24, 2.45) is 0 Å². The Morgan fingerprint density at radius 3 is 0.854 bits per heavy atom. The third-order valence-corrected chi connectivity index (χ3v) is 18.7. The number of aliphatic hydroxyl groups is 1. The van der Waals surface area contributed by atoms with Gasteiger partial charge in [0.05, 0.1) is 26.4 Å². The number of phosphoric acid groups is 2. The van der Waals surface area contributed by atoms with Crippen molar-refractivity contribution in [3.05, 3.63) is 48.6 Å². The van der Waals surface area contributed by atoms with Crippen LogP contribution in [-0.4, -0.2) is 96.7 Å². The van der Waals surface area contributed by atoms with Crippen molar-refractivity contribution < 1.29 is 80.2 Å². The van der Waals surface area contributed by atoms with Gasteiger partial charge in [0.2, 0.25) is 0 Å². The molecule has 0 fully saturated rings. The van der Waals surface area contributed by atoms with Gasteiger partial charge in [-0.1, -0.05) is 301 Å². The molecule has 562 valence electrons. The predicted octanol–water partition coefficient (Wildman–Crippen LogP) is 22.1. The van der Waals surface area contributed by atoms with Gasteiger partial charge in [-0.05, 0) is 83.5 Å². The van der Waals surface area contributed by atoms with E-state index >= 15 is 0 Å². The molecule has 0 rings (SSSR count).